The van der Waals surface area contributed by atoms with Crippen LogP contribution in [0.25, 0.3) is 6.08 Å². The van der Waals surface area contributed by atoms with E-state index in [-0.39, 0.29) is 48.2 Å². The second-order valence-electron chi connectivity index (χ2n) is 10.4. The molecule has 1 aliphatic heterocycles. The molecule has 188 valence electrons. The van der Waals surface area contributed by atoms with Crippen molar-refractivity contribution in [2.45, 2.75) is 57.4 Å². The van der Waals surface area contributed by atoms with E-state index < -0.39 is 0 Å². The number of ketones is 1. The number of hydrogen-bond acceptors (Lipinski definition) is 7. The molecule has 3 aliphatic carbocycles. The first kappa shape index (κ1) is 23.8. The number of fused-ring (bicyclic) bond motifs is 3. The maximum Gasteiger partial charge on any atom is 0.309 e. The fourth-order valence-corrected chi connectivity index (χ4v) is 8.04. The van der Waals surface area contributed by atoms with Crippen molar-refractivity contribution in [1.29, 1.82) is 0 Å². The molecule has 0 aromatic carbocycles. The first-order valence-electron chi connectivity index (χ1n) is 13.0. The van der Waals surface area contributed by atoms with E-state index in [0.717, 1.165) is 49.1 Å². The fraction of sp³-hybridized carbons (Fsp3) is 0.500. The first-order chi connectivity index (χ1) is 17.6. The molecular weight excluding hydrogens is 492 g/mol. The molecule has 1 amide bonds. The molecule has 3 fully saturated rings. The van der Waals surface area contributed by atoms with Crippen LogP contribution in [-0.4, -0.2) is 35.0 Å². The molecule has 2 bridgehead atoms. The van der Waals surface area contributed by atoms with Crippen molar-refractivity contribution in [3.63, 3.8) is 0 Å². The Labute approximate surface area is 219 Å². The van der Waals surface area contributed by atoms with Crippen molar-refractivity contribution in [3.8, 4) is 0 Å². The van der Waals surface area contributed by atoms with E-state index in [9.17, 15) is 14.4 Å². The Bertz CT molecular complexity index is 1180. The zero-order chi connectivity index (χ0) is 24.6. The standard InChI is InChI=1S/C28H30N2O4S2/c31-24(16-34-28(33)20-13-18-6-1-7-19(14-20)27(18)32)30-26(23-10-4-12-36-23)22-9-2-5-17(25(22)29-30)15-21-8-3-11-35-21/h3-4,8,10-12,15,18-20,22,26H,1-2,5-7,9,13-14,16H2/b17-15+/t18-,19-,22-,26-/m0/s1. The van der Waals surface area contributed by atoms with Gasteiger partial charge in [0, 0.05) is 27.5 Å². The van der Waals surface area contributed by atoms with E-state index in [1.54, 1.807) is 27.7 Å². The van der Waals surface area contributed by atoms with Gasteiger partial charge < -0.3 is 4.74 Å². The van der Waals surface area contributed by atoms with Crippen molar-refractivity contribution in [3.05, 3.63) is 50.4 Å². The van der Waals surface area contributed by atoms with E-state index in [4.69, 9.17) is 9.84 Å². The monoisotopic (exact) mass is 522 g/mol. The molecule has 2 aromatic rings. The van der Waals surface area contributed by atoms with Crippen LogP contribution >= 0.6 is 22.7 Å². The van der Waals surface area contributed by atoms with Crippen molar-refractivity contribution in [2.24, 2.45) is 28.8 Å². The number of carbonyl (C=O) groups is 3. The topological polar surface area (TPSA) is 76.0 Å². The Hall–Kier alpha value is -2.58. The number of allylic oxidation sites excluding steroid dienone is 1. The SMILES string of the molecule is O=C(OCC(=O)N1N=C2/C(=C/c3cccs3)CCC[C@@H]2[C@H]1c1cccs1)C1C[C@@H]2CCC[C@@H](C1)C2=O. The lowest BCUT2D eigenvalue weighted by Crippen LogP contribution is -2.40. The van der Waals surface area contributed by atoms with Crippen molar-refractivity contribution < 1.29 is 19.1 Å². The Morgan fingerprint density at radius 2 is 1.83 bits per heavy atom. The number of hydrogen-bond donors (Lipinski definition) is 0. The number of rotatable bonds is 5. The maximum absolute atomic E-state index is 13.4. The second kappa shape index (κ2) is 10.1. The molecule has 6 rings (SSSR count). The minimum absolute atomic E-state index is 0.0179. The zero-order valence-electron chi connectivity index (χ0n) is 20.1. The van der Waals surface area contributed by atoms with Crippen molar-refractivity contribution in [2.75, 3.05) is 6.61 Å². The smallest absolute Gasteiger partial charge is 0.309 e. The van der Waals surface area contributed by atoms with Gasteiger partial charge in [-0.05, 0) is 79.5 Å². The average molecular weight is 523 g/mol. The highest BCUT2D eigenvalue weighted by molar-refractivity contribution is 7.11. The summed E-state index contributed by atoms with van der Waals surface area (Å²) in [6.07, 6.45) is 9.11. The van der Waals surface area contributed by atoms with Gasteiger partial charge in [-0.2, -0.15) is 5.10 Å². The third-order valence-electron chi connectivity index (χ3n) is 8.17. The van der Waals surface area contributed by atoms with E-state index in [2.05, 4.69) is 23.6 Å². The summed E-state index contributed by atoms with van der Waals surface area (Å²) in [5.74, 6) is -0.485. The summed E-state index contributed by atoms with van der Waals surface area (Å²) in [6.45, 7) is -0.312. The predicted molar refractivity (Wildman–Crippen MR) is 140 cm³/mol. The van der Waals surface area contributed by atoms with Crippen LogP contribution in [0.4, 0.5) is 0 Å². The fourth-order valence-electron chi connectivity index (χ4n) is 6.48. The number of hydrazone groups is 1. The van der Waals surface area contributed by atoms with Crippen LogP contribution in [0.15, 0.2) is 45.7 Å². The van der Waals surface area contributed by atoms with Crippen LogP contribution in [-0.2, 0) is 19.1 Å². The molecule has 0 radical (unpaired) electrons. The predicted octanol–water partition coefficient (Wildman–Crippen LogP) is 5.87. The van der Waals surface area contributed by atoms with Gasteiger partial charge in [0.25, 0.3) is 5.91 Å². The largest absolute Gasteiger partial charge is 0.455 e. The van der Waals surface area contributed by atoms with Gasteiger partial charge in [0.05, 0.1) is 17.7 Å². The van der Waals surface area contributed by atoms with Gasteiger partial charge >= 0.3 is 5.97 Å². The van der Waals surface area contributed by atoms with Crippen LogP contribution in [0.2, 0.25) is 0 Å². The Kier molecular flexibility index (Phi) is 6.65. The van der Waals surface area contributed by atoms with Gasteiger partial charge in [0.1, 0.15) is 5.78 Å². The van der Waals surface area contributed by atoms with E-state index in [1.165, 1.54) is 10.5 Å². The molecule has 0 unspecified atom stereocenters. The van der Waals surface area contributed by atoms with E-state index in [1.807, 2.05) is 17.5 Å². The number of carbonyl (C=O) groups excluding carboxylic acids is 3. The highest BCUT2D eigenvalue weighted by Crippen LogP contribution is 2.46. The van der Waals surface area contributed by atoms with Crippen LogP contribution < -0.4 is 0 Å². The summed E-state index contributed by atoms with van der Waals surface area (Å²) in [6, 6.07) is 8.05. The average Bonchev–Trinajstić information content (AvgIpc) is 3.63. The van der Waals surface area contributed by atoms with Gasteiger partial charge in [-0.15, -0.1) is 22.7 Å². The molecule has 4 aliphatic rings. The van der Waals surface area contributed by atoms with E-state index >= 15 is 0 Å². The minimum atomic E-state index is -0.344. The van der Waals surface area contributed by atoms with Crippen molar-refractivity contribution >= 4 is 52.1 Å². The molecule has 0 saturated heterocycles. The molecular formula is C28H30N2O4S2. The summed E-state index contributed by atoms with van der Waals surface area (Å²) in [5, 5.41) is 10.5. The summed E-state index contributed by atoms with van der Waals surface area (Å²) in [7, 11) is 0. The third-order valence-corrected chi connectivity index (χ3v) is 9.93. The van der Waals surface area contributed by atoms with Gasteiger partial charge in [-0.25, -0.2) is 5.01 Å². The van der Waals surface area contributed by atoms with Crippen LogP contribution in [0.3, 0.4) is 0 Å². The van der Waals surface area contributed by atoms with Crippen LogP contribution in [0, 0.1) is 23.7 Å². The van der Waals surface area contributed by atoms with Crippen LogP contribution in [0.5, 0.6) is 0 Å². The molecule has 8 heteroatoms. The zero-order valence-corrected chi connectivity index (χ0v) is 21.8. The number of amides is 1. The molecule has 36 heavy (non-hydrogen) atoms. The second-order valence-corrected chi connectivity index (χ2v) is 12.3. The Balaban J connectivity index is 1.19. The molecule has 0 N–H and O–H groups in total. The van der Waals surface area contributed by atoms with Gasteiger partial charge in [0.15, 0.2) is 6.61 Å². The summed E-state index contributed by atoms with van der Waals surface area (Å²) < 4.78 is 5.57. The lowest BCUT2D eigenvalue weighted by atomic mass is 9.67. The quantitative estimate of drug-likeness (QED) is 0.460. The molecule has 3 heterocycles. The Morgan fingerprint density at radius 1 is 1.06 bits per heavy atom. The first-order valence-corrected chi connectivity index (χ1v) is 14.7. The van der Waals surface area contributed by atoms with E-state index in [0.29, 0.717) is 18.6 Å². The van der Waals surface area contributed by atoms with Gasteiger partial charge in [-0.3, -0.25) is 14.4 Å². The minimum Gasteiger partial charge on any atom is -0.455 e. The highest BCUT2D eigenvalue weighted by atomic mass is 32.1. The number of thiophene rings is 2. The number of esters is 1. The third kappa shape index (κ3) is 4.50. The molecule has 3 saturated carbocycles. The summed E-state index contributed by atoms with van der Waals surface area (Å²) in [4.78, 5) is 41.0. The highest BCUT2D eigenvalue weighted by Gasteiger charge is 2.45. The molecule has 4 atom stereocenters. The van der Waals surface area contributed by atoms with Crippen LogP contribution in [0.1, 0.15) is 67.2 Å². The number of nitrogens with zero attached hydrogens (tertiary/aromatic N) is 2. The number of ether oxygens (including phenoxy) is 1. The molecule has 0 spiro atoms. The van der Waals surface area contributed by atoms with Gasteiger partial charge in [-0.1, -0.05) is 18.6 Å². The lowest BCUT2D eigenvalue weighted by Gasteiger charge is -2.36. The normalized spacial score (nSPS) is 30.7. The Morgan fingerprint density at radius 3 is 2.56 bits per heavy atom. The summed E-state index contributed by atoms with van der Waals surface area (Å²) in [5.41, 5.74) is 2.19. The lowest BCUT2D eigenvalue weighted by molar-refractivity contribution is -0.159. The summed E-state index contributed by atoms with van der Waals surface area (Å²) >= 11 is 3.33. The number of Topliss-reactive ketones (excluding diaryl/α,β-unsaturated/α-hetero) is 1. The maximum atomic E-state index is 13.4. The van der Waals surface area contributed by atoms with Crippen molar-refractivity contribution in [1.82, 2.24) is 5.01 Å². The molecule has 6 nitrogen and oxygen atoms in total. The molecule has 2 aromatic heterocycles. The van der Waals surface area contributed by atoms with Gasteiger partial charge in [0.2, 0.25) is 0 Å².